The van der Waals surface area contributed by atoms with Gasteiger partial charge in [-0.05, 0) is 25.0 Å². The molecule has 118 valence electrons. The molecule has 0 spiro atoms. The summed E-state index contributed by atoms with van der Waals surface area (Å²) in [5, 5.41) is 0. The van der Waals surface area contributed by atoms with Gasteiger partial charge in [0.25, 0.3) is 0 Å². The van der Waals surface area contributed by atoms with E-state index in [4.69, 9.17) is 4.74 Å². The first kappa shape index (κ1) is 15.0. The van der Waals surface area contributed by atoms with E-state index < -0.39 is 0 Å². The fraction of sp³-hybridized carbons (Fsp3) is 0.529. The quantitative estimate of drug-likeness (QED) is 0.846. The minimum atomic E-state index is -0.238. The van der Waals surface area contributed by atoms with Crippen molar-refractivity contribution in [3.05, 3.63) is 29.8 Å². The molecule has 3 rings (SSSR count). The van der Waals surface area contributed by atoms with E-state index in [0.29, 0.717) is 19.6 Å². The van der Waals surface area contributed by atoms with Gasteiger partial charge >= 0.3 is 0 Å². The van der Waals surface area contributed by atoms with Crippen LogP contribution in [0.15, 0.2) is 24.3 Å². The number of likely N-dealkylation sites (tertiary alicyclic amines) is 1. The van der Waals surface area contributed by atoms with Crippen LogP contribution < -0.4 is 4.90 Å². The van der Waals surface area contributed by atoms with Crippen LogP contribution in [0.25, 0.3) is 0 Å². The van der Waals surface area contributed by atoms with Crippen LogP contribution in [0.2, 0.25) is 0 Å². The van der Waals surface area contributed by atoms with Crippen LogP contribution in [0.5, 0.6) is 0 Å². The lowest BCUT2D eigenvalue weighted by molar-refractivity contribution is -0.130. The second-order valence-corrected chi connectivity index (χ2v) is 6.12. The molecule has 5 heteroatoms. The Morgan fingerprint density at radius 3 is 2.95 bits per heavy atom. The topological polar surface area (TPSA) is 49.9 Å². The Kier molecular flexibility index (Phi) is 4.16. The zero-order valence-corrected chi connectivity index (χ0v) is 13.1. The molecule has 0 N–H and O–H groups in total. The summed E-state index contributed by atoms with van der Waals surface area (Å²) < 4.78 is 5.12. The summed E-state index contributed by atoms with van der Waals surface area (Å²) in [6.45, 7) is 3.68. The number of carbonyl (C=O) groups excluding carboxylic acids is 2. The Bertz CT molecular complexity index is 587. The van der Waals surface area contributed by atoms with Gasteiger partial charge in [-0.15, -0.1) is 0 Å². The average Bonchev–Trinajstić information content (AvgIpc) is 3.10. The van der Waals surface area contributed by atoms with Gasteiger partial charge in [0.15, 0.2) is 0 Å². The van der Waals surface area contributed by atoms with Crippen molar-refractivity contribution in [1.29, 1.82) is 0 Å². The zero-order chi connectivity index (χ0) is 15.7. The lowest BCUT2D eigenvalue weighted by Crippen LogP contribution is -2.40. The lowest BCUT2D eigenvalue weighted by Gasteiger charge is -2.25. The molecule has 1 saturated heterocycles. The van der Waals surface area contributed by atoms with E-state index in [1.54, 1.807) is 12.0 Å². The Hall–Kier alpha value is -1.88. The van der Waals surface area contributed by atoms with Crippen LogP contribution in [0, 0.1) is 5.92 Å². The number of ether oxygens (including phenoxy) is 1. The molecule has 1 aromatic carbocycles. The number of rotatable bonds is 4. The van der Waals surface area contributed by atoms with Gasteiger partial charge < -0.3 is 14.5 Å². The van der Waals surface area contributed by atoms with Crippen molar-refractivity contribution in [2.24, 2.45) is 5.92 Å². The lowest BCUT2D eigenvalue weighted by atomic mass is 10.1. The van der Waals surface area contributed by atoms with E-state index in [9.17, 15) is 9.59 Å². The highest BCUT2D eigenvalue weighted by Gasteiger charge is 2.39. The summed E-state index contributed by atoms with van der Waals surface area (Å²) in [7, 11) is 1.63. The van der Waals surface area contributed by atoms with Crippen molar-refractivity contribution >= 4 is 17.5 Å². The van der Waals surface area contributed by atoms with Gasteiger partial charge in [0, 0.05) is 32.3 Å². The minimum Gasteiger partial charge on any atom is -0.383 e. The highest BCUT2D eigenvalue weighted by atomic mass is 16.5. The highest BCUT2D eigenvalue weighted by molar-refractivity contribution is 6.00. The molecule has 0 radical (unpaired) electrons. The summed E-state index contributed by atoms with van der Waals surface area (Å²) >= 11 is 0. The van der Waals surface area contributed by atoms with E-state index in [-0.39, 0.29) is 23.8 Å². The maximum atomic E-state index is 12.8. The molecule has 5 nitrogen and oxygen atoms in total. The van der Waals surface area contributed by atoms with Gasteiger partial charge in [-0.25, -0.2) is 0 Å². The number of benzene rings is 1. The largest absolute Gasteiger partial charge is 0.383 e. The average molecular weight is 302 g/mol. The third-order valence-electron chi connectivity index (χ3n) is 4.60. The zero-order valence-electron chi connectivity index (χ0n) is 13.1. The molecule has 1 fully saturated rings. The van der Waals surface area contributed by atoms with E-state index in [2.05, 4.69) is 6.07 Å². The first-order valence-corrected chi connectivity index (χ1v) is 7.79. The van der Waals surface area contributed by atoms with Gasteiger partial charge in [0.2, 0.25) is 11.8 Å². The summed E-state index contributed by atoms with van der Waals surface area (Å²) in [4.78, 5) is 28.6. The van der Waals surface area contributed by atoms with Gasteiger partial charge in [0.1, 0.15) is 0 Å². The smallest absolute Gasteiger partial charge is 0.232 e. The molecule has 2 atom stereocenters. The first-order chi connectivity index (χ1) is 10.6. The standard InChI is InChI=1S/C17H22N2O3/c1-12(11-22-2)19-10-14(9-16(19)20)17(21)18-8-7-13-5-3-4-6-15(13)18/h3-6,12,14H,7-11H2,1-2H3/t12-,14-/m0/s1. The molecule has 22 heavy (non-hydrogen) atoms. The van der Waals surface area contributed by atoms with Crippen molar-refractivity contribution in [3.8, 4) is 0 Å². The fourth-order valence-electron chi connectivity index (χ4n) is 3.44. The number of nitrogens with zero attached hydrogens (tertiary/aromatic N) is 2. The molecular formula is C17H22N2O3. The second-order valence-electron chi connectivity index (χ2n) is 6.12. The molecule has 1 aromatic rings. The number of amides is 2. The summed E-state index contributed by atoms with van der Waals surface area (Å²) in [6, 6.07) is 8.02. The first-order valence-electron chi connectivity index (χ1n) is 7.79. The number of fused-ring (bicyclic) bond motifs is 1. The van der Waals surface area contributed by atoms with Gasteiger partial charge in [-0.3, -0.25) is 9.59 Å². The van der Waals surface area contributed by atoms with Crippen molar-refractivity contribution < 1.29 is 14.3 Å². The fourth-order valence-corrected chi connectivity index (χ4v) is 3.44. The van der Waals surface area contributed by atoms with E-state index in [1.165, 1.54) is 5.56 Å². The molecule has 0 aromatic heterocycles. The molecule has 0 bridgehead atoms. The number of para-hydroxylation sites is 1. The van der Waals surface area contributed by atoms with Gasteiger partial charge in [-0.1, -0.05) is 18.2 Å². The molecule has 0 saturated carbocycles. The van der Waals surface area contributed by atoms with Crippen LogP contribution >= 0.6 is 0 Å². The van der Waals surface area contributed by atoms with Crippen LogP contribution in [0.1, 0.15) is 18.9 Å². The van der Waals surface area contributed by atoms with Crippen molar-refractivity contribution in [1.82, 2.24) is 4.90 Å². The molecule has 0 unspecified atom stereocenters. The molecule has 2 heterocycles. The maximum absolute atomic E-state index is 12.8. The normalized spacial score (nSPS) is 22.1. The molecule has 2 amide bonds. The second kappa shape index (κ2) is 6.08. The number of anilines is 1. The Balaban J connectivity index is 1.71. The van der Waals surface area contributed by atoms with E-state index >= 15 is 0 Å². The van der Waals surface area contributed by atoms with Gasteiger partial charge in [0.05, 0.1) is 18.6 Å². The van der Waals surface area contributed by atoms with Crippen LogP contribution in [-0.4, -0.2) is 49.6 Å². The van der Waals surface area contributed by atoms with Gasteiger partial charge in [-0.2, -0.15) is 0 Å². The molecule has 0 aliphatic carbocycles. The SMILES string of the molecule is COC[C@H](C)N1C[C@@H](C(=O)N2CCc3ccccc32)CC1=O. The van der Waals surface area contributed by atoms with Crippen LogP contribution in [0.3, 0.4) is 0 Å². The number of carbonyl (C=O) groups is 2. The van der Waals surface area contributed by atoms with Crippen molar-refractivity contribution in [2.45, 2.75) is 25.8 Å². The number of methoxy groups -OCH3 is 1. The monoisotopic (exact) mass is 302 g/mol. The summed E-state index contributed by atoms with van der Waals surface area (Å²) in [5.74, 6) is -0.112. The third kappa shape index (κ3) is 2.61. The predicted octanol–water partition coefficient (Wildman–Crippen LogP) is 1.46. The minimum absolute atomic E-state index is 0.0150. The number of hydrogen-bond donors (Lipinski definition) is 0. The Labute approximate surface area is 130 Å². The Morgan fingerprint density at radius 2 is 2.18 bits per heavy atom. The van der Waals surface area contributed by atoms with Crippen molar-refractivity contribution in [3.63, 3.8) is 0 Å². The van der Waals surface area contributed by atoms with Crippen molar-refractivity contribution in [2.75, 3.05) is 31.7 Å². The molecular weight excluding hydrogens is 280 g/mol. The third-order valence-corrected chi connectivity index (χ3v) is 4.60. The highest BCUT2D eigenvalue weighted by Crippen LogP contribution is 2.31. The predicted molar refractivity (Wildman–Crippen MR) is 83.7 cm³/mol. The summed E-state index contributed by atoms with van der Waals surface area (Å²) in [5.41, 5.74) is 2.22. The number of hydrogen-bond acceptors (Lipinski definition) is 3. The van der Waals surface area contributed by atoms with Crippen LogP contribution in [-0.2, 0) is 20.7 Å². The molecule has 2 aliphatic rings. The summed E-state index contributed by atoms with van der Waals surface area (Å²) in [6.07, 6.45) is 1.21. The maximum Gasteiger partial charge on any atom is 0.232 e. The van der Waals surface area contributed by atoms with Crippen LogP contribution in [0.4, 0.5) is 5.69 Å². The van der Waals surface area contributed by atoms with E-state index in [1.807, 2.05) is 30.0 Å². The molecule has 2 aliphatic heterocycles. The Morgan fingerprint density at radius 1 is 1.41 bits per heavy atom. The van der Waals surface area contributed by atoms with E-state index in [0.717, 1.165) is 18.7 Å².